The summed E-state index contributed by atoms with van der Waals surface area (Å²) < 4.78 is 11.0. The van der Waals surface area contributed by atoms with Gasteiger partial charge in [-0.15, -0.1) is 0 Å². The number of anilines is 1. The highest BCUT2D eigenvalue weighted by atomic mass is 35.5. The number of hydrogen-bond acceptors (Lipinski definition) is 6. The van der Waals surface area contributed by atoms with E-state index in [0.717, 1.165) is 17.5 Å². The maximum Gasteiger partial charge on any atom is 0.410 e. The predicted octanol–water partition coefficient (Wildman–Crippen LogP) is 6.59. The predicted molar refractivity (Wildman–Crippen MR) is 169 cm³/mol. The molecule has 0 spiro atoms. The highest BCUT2D eigenvalue weighted by Gasteiger charge is 2.35. The number of carbonyl (C=O) groups is 3. The number of benzene rings is 3. The molecule has 2 atom stereocenters. The molecule has 1 fully saturated rings. The molecule has 9 nitrogen and oxygen atoms in total. The Balaban J connectivity index is 1.33. The third kappa shape index (κ3) is 9.72. The molecule has 1 heterocycles. The zero-order valence-electron chi connectivity index (χ0n) is 25.4. The lowest BCUT2D eigenvalue weighted by Gasteiger charge is -2.29. The van der Waals surface area contributed by atoms with Crippen LogP contribution in [-0.2, 0) is 27.3 Å². The highest BCUT2D eigenvalue weighted by Crippen LogP contribution is 2.23. The maximum atomic E-state index is 13.1. The number of aliphatic hydroxyl groups excluding tert-OH is 1. The van der Waals surface area contributed by atoms with Crippen LogP contribution in [0.25, 0.3) is 0 Å². The minimum Gasteiger partial charge on any atom is -0.445 e. The second-order valence-electron chi connectivity index (χ2n) is 11.8. The van der Waals surface area contributed by atoms with Crippen LogP contribution in [-0.4, -0.2) is 64.3 Å². The number of nitrogens with zero attached hydrogens (tertiary/aromatic N) is 2. The van der Waals surface area contributed by atoms with Gasteiger partial charge in [0.05, 0.1) is 12.6 Å². The molecule has 0 bridgehead atoms. The lowest BCUT2D eigenvalue weighted by Crippen LogP contribution is -2.43. The van der Waals surface area contributed by atoms with Crippen molar-refractivity contribution in [3.8, 4) is 0 Å². The van der Waals surface area contributed by atoms with Crippen molar-refractivity contribution in [3.05, 3.63) is 101 Å². The van der Waals surface area contributed by atoms with Crippen molar-refractivity contribution in [1.29, 1.82) is 0 Å². The highest BCUT2D eigenvalue weighted by molar-refractivity contribution is 6.30. The van der Waals surface area contributed by atoms with Crippen molar-refractivity contribution in [2.24, 2.45) is 0 Å². The first kappa shape index (κ1) is 32.8. The Morgan fingerprint density at radius 1 is 1.02 bits per heavy atom. The Morgan fingerprint density at radius 2 is 1.75 bits per heavy atom. The van der Waals surface area contributed by atoms with Crippen molar-refractivity contribution in [2.45, 2.75) is 64.4 Å². The van der Waals surface area contributed by atoms with Gasteiger partial charge in [0.2, 0.25) is 5.91 Å². The Bertz CT molecular complexity index is 1410. The molecule has 4 rings (SSSR count). The first-order chi connectivity index (χ1) is 21.0. The van der Waals surface area contributed by atoms with Crippen molar-refractivity contribution >= 4 is 35.4 Å². The van der Waals surface area contributed by atoms with E-state index in [2.05, 4.69) is 5.32 Å². The molecule has 234 valence electrons. The van der Waals surface area contributed by atoms with Crippen LogP contribution in [0.5, 0.6) is 0 Å². The van der Waals surface area contributed by atoms with Gasteiger partial charge < -0.3 is 24.8 Å². The monoisotopic (exact) mass is 621 g/mol. The lowest BCUT2D eigenvalue weighted by molar-refractivity contribution is -0.120. The van der Waals surface area contributed by atoms with Crippen LogP contribution in [0.1, 0.15) is 56.4 Å². The summed E-state index contributed by atoms with van der Waals surface area (Å²) >= 11 is 6.09. The van der Waals surface area contributed by atoms with Crippen LogP contribution in [0.4, 0.5) is 15.3 Å². The van der Waals surface area contributed by atoms with Gasteiger partial charge in [-0.05, 0) is 81.0 Å². The summed E-state index contributed by atoms with van der Waals surface area (Å²) in [7, 11) is 0. The SMILES string of the molecule is CC(C)(C)OC(=O)N(CCc1ccc(NC(=O)[C@@H]2CCCN2C(=O)OCc2ccccc2)cc1)C[C@H](O)c1cccc(Cl)c1. The molecule has 1 saturated heterocycles. The van der Waals surface area contributed by atoms with E-state index in [4.69, 9.17) is 21.1 Å². The van der Waals surface area contributed by atoms with Crippen LogP contribution in [0.15, 0.2) is 78.9 Å². The molecule has 44 heavy (non-hydrogen) atoms. The standard InChI is InChI=1S/C34H40ClN3O6/c1-34(2,3)44-32(41)37(22-30(39)26-11-7-12-27(35)21-26)20-18-24-14-16-28(17-15-24)36-31(40)29-13-8-19-38(29)33(42)43-23-25-9-5-4-6-10-25/h4-7,9-12,14-17,21,29-30,39H,8,13,18-20,22-23H2,1-3H3,(H,36,40)/t29-,30-/m0/s1. The van der Waals surface area contributed by atoms with Gasteiger partial charge in [0.25, 0.3) is 0 Å². The Labute approximate surface area is 263 Å². The lowest BCUT2D eigenvalue weighted by atomic mass is 10.1. The summed E-state index contributed by atoms with van der Waals surface area (Å²) in [4.78, 5) is 41.7. The first-order valence-corrected chi connectivity index (χ1v) is 15.1. The molecule has 3 aromatic rings. The fourth-order valence-corrected chi connectivity index (χ4v) is 5.11. The molecule has 2 N–H and O–H groups in total. The zero-order chi connectivity index (χ0) is 31.7. The van der Waals surface area contributed by atoms with Crippen molar-refractivity contribution in [2.75, 3.05) is 25.0 Å². The Morgan fingerprint density at radius 3 is 2.43 bits per heavy atom. The number of aliphatic hydroxyl groups is 1. The number of hydrogen-bond donors (Lipinski definition) is 2. The molecule has 1 aliphatic heterocycles. The topological polar surface area (TPSA) is 108 Å². The van der Waals surface area contributed by atoms with Gasteiger partial charge in [-0.2, -0.15) is 0 Å². The summed E-state index contributed by atoms with van der Waals surface area (Å²) in [6.07, 6.45) is -0.185. The van der Waals surface area contributed by atoms with E-state index in [-0.39, 0.29) is 19.1 Å². The second-order valence-corrected chi connectivity index (χ2v) is 12.3. The van der Waals surface area contributed by atoms with E-state index in [1.165, 1.54) is 9.80 Å². The number of carbonyl (C=O) groups excluding carboxylic acids is 3. The van der Waals surface area contributed by atoms with Crippen molar-refractivity contribution < 1.29 is 29.0 Å². The quantitative estimate of drug-likeness (QED) is 0.264. The molecule has 0 radical (unpaired) electrons. The van der Waals surface area contributed by atoms with E-state index in [0.29, 0.717) is 42.2 Å². The van der Waals surface area contributed by atoms with Crippen molar-refractivity contribution in [3.63, 3.8) is 0 Å². The number of halogens is 1. The number of rotatable bonds is 10. The Kier molecular flexibility index (Phi) is 11.3. The van der Waals surface area contributed by atoms with Crippen LogP contribution in [0, 0.1) is 0 Å². The number of likely N-dealkylation sites (tertiary alicyclic amines) is 1. The van der Waals surface area contributed by atoms with Gasteiger partial charge in [0.15, 0.2) is 0 Å². The first-order valence-electron chi connectivity index (χ1n) is 14.8. The van der Waals surface area contributed by atoms with Crippen LogP contribution in [0.3, 0.4) is 0 Å². The molecule has 1 aliphatic rings. The smallest absolute Gasteiger partial charge is 0.410 e. The van der Waals surface area contributed by atoms with Gasteiger partial charge >= 0.3 is 12.2 Å². The minimum absolute atomic E-state index is 0.0368. The van der Waals surface area contributed by atoms with Crippen LogP contribution >= 0.6 is 11.6 Å². The average Bonchev–Trinajstić information content (AvgIpc) is 3.49. The van der Waals surface area contributed by atoms with Gasteiger partial charge in [-0.3, -0.25) is 9.69 Å². The summed E-state index contributed by atoms with van der Waals surface area (Å²) in [6, 6.07) is 23.0. The molecule has 0 unspecified atom stereocenters. The van der Waals surface area contributed by atoms with Gasteiger partial charge in [0.1, 0.15) is 18.2 Å². The largest absolute Gasteiger partial charge is 0.445 e. The molecule has 0 aliphatic carbocycles. The third-order valence-corrected chi connectivity index (χ3v) is 7.40. The van der Waals surface area contributed by atoms with Crippen LogP contribution in [0.2, 0.25) is 5.02 Å². The molecule has 10 heteroatoms. The average molecular weight is 622 g/mol. The fraction of sp³-hybridized carbons (Fsp3) is 0.382. The summed E-state index contributed by atoms with van der Waals surface area (Å²) in [6.45, 7) is 6.34. The second kappa shape index (κ2) is 15.1. The van der Waals surface area contributed by atoms with E-state index >= 15 is 0 Å². The third-order valence-electron chi connectivity index (χ3n) is 7.17. The number of ether oxygens (including phenoxy) is 2. The number of amides is 3. The zero-order valence-corrected chi connectivity index (χ0v) is 26.1. The normalized spacial score (nSPS) is 15.4. The molecule has 3 aromatic carbocycles. The molecular formula is C34H40ClN3O6. The Hall–Kier alpha value is -4.08. The van der Waals surface area contributed by atoms with E-state index in [9.17, 15) is 19.5 Å². The molecule has 3 amide bonds. The van der Waals surface area contributed by atoms with E-state index < -0.39 is 29.9 Å². The van der Waals surface area contributed by atoms with Gasteiger partial charge in [-0.25, -0.2) is 9.59 Å². The molecular weight excluding hydrogens is 582 g/mol. The summed E-state index contributed by atoms with van der Waals surface area (Å²) in [5.41, 5.74) is 2.33. The van der Waals surface area contributed by atoms with E-state index in [1.807, 2.05) is 42.5 Å². The summed E-state index contributed by atoms with van der Waals surface area (Å²) in [5, 5.41) is 14.2. The number of nitrogens with one attached hydrogen (secondary N) is 1. The van der Waals surface area contributed by atoms with Crippen LogP contribution < -0.4 is 5.32 Å². The fourth-order valence-electron chi connectivity index (χ4n) is 4.92. The van der Waals surface area contributed by atoms with Gasteiger partial charge in [0, 0.05) is 23.8 Å². The van der Waals surface area contributed by atoms with Gasteiger partial charge in [-0.1, -0.05) is 66.2 Å². The summed E-state index contributed by atoms with van der Waals surface area (Å²) in [5.74, 6) is -0.266. The maximum absolute atomic E-state index is 13.1. The molecule has 0 aromatic heterocycles. The molecule has 0 saturated carbocycles. The minimum atomic E-state index is -0.940. The van der Waals surface area contributed by atoms with E-state index in [1.54, 1.807) is 57.2 Å². The van der Waals surface area contributed by atoms with Crippen molar-refractivity contribution in [1.82, 2.24) is 9.80 Å².